The van der Waals surface area contributed by atoms with E-state index in [-0.39, 0.29) is 12.5 Å². The number of nitrogens with zero attached hydrogens (tertiary/aromatic N) is 1. The zero-order chi connectivity index (χ0) is 14.8. The van der Waals surface area contributed by atoms with Crippen molar-refractivity contribution in [1.29, 1.82) is 5.26 Å². The third-order valence-electron chi connectivity index (χ3n) is 2.55. The van der Waals surface area contributed by atoms with Crippen molar-refractivity contribution in [1.82, 2.24) is 10.6 Å². The Bertz CT molecular complexity index is 449. The molecule has 0 bridgehead atoms. The number of rotatable bonds is 8. The summed E-state index contributed by atoms with van der Waals surface area (Å²) in [5.41, 5.74) is 1.06. The number of nitriles is 1. The number of hydrogen-bond acceptors (Lipinski definition) is 4. The van der Waals surface area contributed by atoms with E-state index in [4.69, 9.17) is 10.00 Å². The lowest BCUT2D eigenvalue weighted by Crippen LogP contribution is -2.35. The highest BCUT2D eigenvalue weighted by molar-refractivity contribution is 5.77. The van der Waals surface area contributed by atoms with Gasteiger partial charge in [0.05, 0.1) is 6.54 Å². The van der Waals surface area contributed by atoms with Crippen LogP contribution in [0.15, 0.2) is 24.3 Å². The first-order valence-electron chi connectivity index (χ1n) is 6.68. The molecule has 1 aromatic rings. The van der Waals surface area contributed by atoms with Crippen molar-refractivity contribution in [2.45, 2.75) is 20.4 Å². The van der Waals surface area contributed by atoms with Crippen LogP contribution in [0.25, 0.3) is 0 Å². The molecule has 5 nitrogen and oxygen atoms in total. The highest BCUT2D eigenvalue weighted by atomic mass is 16.5. The fourth-order valence-corrected chi connectivity index (χ4v) is 1.52. The molecule has 0 spiro atoms. The van der Waals surface area contributed by atoms with Gasteiger partial charge in [-0.1, -0.05) is 26.0 Å². The van der Waals surface area contributed by atoms with Gasteiger partial charge in [0.1, 0.15) is 11.8 Å². The molecule has 0 aromatic heterocycles. The SMILES string of the molecule is CC(C)CNC(=O)CNCc1ccc(OCC#N)cc1. The number of ether oxygens (including phenoxy) is 1. The summed E-state index contributed by atoms with van der Waals surface area (Å²) >= 11 is 0. The first-order valence-corrected chi connectivity index (χ1v) is 6.68. The molecule has 1 rings (SSSR count). The molecule has 5 heteroatoms. The van der Waals surface area contributed by atoms with Gasteiger partial charge in [-0.25, -0.2) is 0 Å². The molecule has 0 saturated heterocycles. The second-order valence-electron chi connectivity index (χ2n) is 4.89. The van der Waals surface area contributed by atoms with Gasteiger partial charge in [0.2, 0.25) is 5.91 Å². The average molecular weight is 275 g/mol. The Morgan fingerprint density at radius 1 is 1.35 bits per heavy atom. The Kier molecular flexibility index (Phi) is 7.15. The number of nitrogens with one attached hydrogen (secondary N) is 2. The van der Waals surface area contributed by atoms with Gasteiger partial charge in [-0.15, -0.1) is 0 Å². The normalized spacial score (nSPS) is 10.1. The Morgan fingerprint density at radius 2 is 2.05 bits per heavy atom. The van der Waals surface area contributed by atoms with Gasteiger partial charge in [0, 0.05) is 13.1 Å². The van der Waals surface area contributed by atoms with Crippen molar-refractivity contribution in [3.8, 4) is 11.8 Å². The summed E-state index contributed by atoms with van der Waals surface area (Å²) in [7, 11) is 0. The number of hydrogen-bond donors (Lipinski definition) is 2. The van der Waals surface area contributed by atoms with E-state index in [1.165, 1.54) is 0 Å². The van der Waals surface area contributed by atoms with Gasteiger partial charge in [0.25, 0.3) is 0 Å². The van der Waals surface area contributed by atoms with E-state index < -0.39 is 0 Å². The summed E-state index contributed by atoms with van der Waals surface area (Å²) in [5, 5.41) is 14.3. The molecule has 0 unspecified atom stereocenters. The minimum Gasteiger partial charge on any atom is -0.479 e. The first-order chi connectivity index (χ1) is 9.61. The lowest BCUT2D eigenvalue weighted by atomic mass is 10.2. The maximum Gasteiger partial charge on any atom is 0.233 e. The Hall–Kier alpha value is -2.06. The van der Waals surface area contributed by atoms with Crippen molar-refractivity contribution in [3.05, 3.63) is 29.8 Å². The van der Waals surface area contributed by atoms with Gasteiger partial charge >= 0.3 is 0 Å². The molecular weight excluding hydrogens is 254 g/mol. The monoisotopic (exact) mass is 275 g/mol. The summed E-state index contributed by atoms with van der Waals surface area (Å²) in [4.78, 5) is 11.5. The molecule has 0 radical (unpaired) electrons. The zero-order valence-corrected chi connectivity index (χ0v) is 12.0. The van der Waals surface area contributed by atoms with Crippen LogP contribution in [0, 0.1) is 17.2 Å². The van der Waals surface area contributed by atoms with E-state index >= 15 is 0 Å². The Balaban J connectivity index is 2.25. The minimum atomic E-state index is 0.00711. The van der Waals surface area contributed by atoms with Gasteiger partial charge in [0.15, 0.2) is 6.61 Å². The van der Waals surface area contributed by atoms with E-state index in [9.17, 15) is 4.79 Å². The summed E-state index contributed by atoms with van der Waals surface area (Å²) in [6.45, 7) is 5.79. The fraction of sp³-hybridized carbons (Fsp3) is 0.467. The largest absolute Gasteiger partial charge is 0.479 e. The van der Waals surface area contributed by atoms with Crippen molar-refractivity contribution in [3.63, 3.8) is 0 Å². The Morgan fingerprint density at radius 3 is 2.65 bits per heavy atom. The van der Waals surface area contributed by atoms with E-state index in [2.05, 4.69) is 24.5 Å². The van der Waals surface area contributed by atoms with Crippen LogP contribution in [-0.2, 0) is 11.3 Å². The molecule has 0 fully saturated rings. The topological polar surface area (TPSA) is 74.2 Å². The molecule has 1 amide bonds. The van der Waals surface area contributed by atoms with Crippen LogP contribution in [0.4, 0.5) is 0 Å². The quantitative estimate of drug-likeness (QED) is 0.753. The van der Waals surface area contributed by atoms with E-state index in [0.717, 1.165) is 5.56 Å². The van der Waals surface area contributed by atoms with Gasteiger partial charge < -0.3 is 15.4 Å². The maximum atomic E-state index is 11.5. The molecule has 0 aliphatic rings. The van der Waals surface area contributed by atoms with Crippen LogP contribution < -0.4 is 15.4 Å². The van der Waals surface area contributed by atoms with Crippen LogP contribution >= 0.6 is 0 Å². The second kappa shape index (κ2) is 8.94. The number of benzene rings is 1. The van der Waals surface area contributed by atoms with E-state index in [0.29, 0.717) is 31.3 Å². The number of carbonyl (C=O) groups excluding carboxylic acids is 1. The number of amides is 1. The standard InChI is InChI=1S/C15H21N3O2/c1-12(2)9-18-15(19)11-17-10-13-3-5-14(6-4-13)20-8-7-16/h3-6,12,17H,8-11H2,1-2H3,(H,18,19). The molecule has 1 aromatic carbocycles. The first kappa shape index (κ1) is 16.0. The molecule has 0 aliphatic heterocycles. The summed E-state index contributed by atoms with van der Waals surface area (Å²) in [6.07, 6.45) is 0. The molecule has 0 saturated carbocycles. The molecule has 0 atom stereocenters. The number of carbonyl (C=O) groups is 1. The van der Waals surface area contributed by atoms with Gasteiger partial charge in [-0.05, 0) is 23.6 Å². The Labute approximate surface area is 119 Å². The van der Waals surface area contributed by atoms with Crippen LogP contribution in [0.3, 0.4) is 0 Å². The van der Waals surface area contributed by atoms with Gasteiger partial charge in [-0.2, -0.15) is 5.26 Å². The summed E-state index contributed by atoms with van der Waals surface area (Å²) < 4.78 is 5.16. The molecule has 2 N–H and O–H groups in total. The molecule has 0 heterocycles. The summed E-state index contributed by atoms with van der Waals surface area (Å²) in [6, 6.07) is 9.36. The van der Waals surface area contributed by atoms with Crippen LogP contribution in [0.1, 0.15) is 19.4 Å². The molecular formula is C15H21N3O2. The van der Waals surface area contributed by atoms with Crippen molar-refractivity contribution < 1.29 is 9.53 Å². The third-order valence-corrected chi connectivity index (χ3v) is 2.55. The van der Waals surface area contributed by atoms with Crippen molar-refractivity contribution in [2.75, 3.05) is 19.7 Å². The van der Waals surface area contributed by atoms with E-state index in [1.54, 1.807) is 0 Å². The van der Waals surface area contributed by atoms with Crippen molar-refractivity contribution in [2.24, 2.45) is 5.92 Å². The van der Waals surface area contributed by atoms with Crippen molar-refractivity contribution >= 4 is 5.91 Å². The smallest absolute Gasteiger partial charge is 0.233 e. The zero-order valence-electron chi connectivity index (χ0n) is 12.0. The predicted octanol–water partition coefficient (Wildman–Crippen LogP) is 1.45. The second-order valence-corrected chi connectivity index (χ2v) is 4.89. The molecule has 20 heavy (non-hydrogen) atoms. The van der Waals surface area contributed by atoms with E-state index in [1.807, 2.05) is 30.3 Å². The molecule has 0 aliphatic carbocycles. The molecule has 108 valence electrons. The van der Waals surface area contributed by atoms with Gasteiger partial charge in [-0.3, -0.25) is 4.79 Å². The maximum absolute atomic E-state index is 11.5. The third kappa shape index (κ3) is 6.76. The summed E-state index contributed by atoms with van der Waals surface area (Å²) in [5.74, 6) is 1.14. The highest BCUT2D eigenvalue weighted by Gasteiger charge is 2.02. The minimum absolute atomic E-state index is 0.00711. The highest BCUT2D eigenvalue weighted by Crippen LogP contribution is 2.11. The lowest BCUT2D eigenvalue weighted by molar-refractivity contribution is -0.120. The lowest BCUT2D eigenvalue weighted by Gasteiger charge is -2.09. The van der Waals surface area contributed by atoms with Crippen LogP contribution in [0.2, 0.25) is 0 Å². The van der Waals surface area contributed by atoms with Crippen LogP contribution in [0.5, 0.6) is 5.75 Å². The average Bonchev–Trinajstić information content (AvgIpc) is 2.44. The fourth-order valence-electron chi connectivity index (χ4n) is 1.52. The predicted molar refractivity (Wildman–Crippen MR) is 77.1 cm³/mol. The van der Waals surface area contributed by atoms with Crippen LogP contribution in [-0.4, -0.2) is 25.6 Å².